The second-order valence-electron chi connectivity index (χ2n) is 7.44. The fourth-order valence-corrected chi connectivity index (χ4v) is 3.56. The third-order valence-corrected chi connectivity index (χ3v) is 5.34. The maximum Gasteiger partial charge on any atom is 0.336 e. The van der Waals surface area contributed by atoms with Crippen molar-refractivity contribution in [2.75, 3.05) is 5.32 Å². The first-order valence-electron chi connectivity index (χ1n) is 9.71. The first-order chi connectivity index (χ1) is 14.8. The van der Waals surface area contributed by atoms with Gasteiger partial charge < -0.3 is 9.88 Å². The van der Waals surface area contributed by atoms with Crippen LogP contribution in [0.15, 0.2) is 64.2 Å². The minimum atomic E-state index is -0.625. The highest BCUT2D eigenvalue weighted by Crippen LogP contribution is 2.16. The van der Waals surface area contributed by atoms with Crippen molar-refractivity contribution in [1.29, 1.82) is 0 Å². The summed E-state index contributed by atoms with van der Waals surface area (Å²) in [4.78, 5) is 39.2. The molecule has 2 aromatic carbocycles. The number of nitrogens with one attached hydrogen (secondary N) is 1. The quantitative estimate of drug-likeness (QED) is 0.552. The Morgan fingerprint density at radius 1 is 1.03 bits per heavy atom. The molecule has 1 amide bonds. The lowest BCUT2D eigenvalue weighted by Crippen LogP contribution is -2.41. The Kier molecular flexibility index (Phi) is 5.06. The third kappa shape index (κ3) is 3.56. The van der Waals surface area contributed by atoms with Gasteiger partial charge in [0.2, 0.25) is 5.91 Å². The average molecular weight is 420 g/mol. The first-order valence-corrected chi connectivity index (χ1v) is 9.71. The zero-order valence-electron chi connectivity index (χ0n) is 17.3. The van der Waals surface area contributed by atoms with Crippen LogP contribution in [0.2, 0.25) is 0 Å². The van der Waals surface area contributed by atoms with Crippen molar-refractivity contribution in [3.63, 3.8) is 0 Å². The number of nitrogens with zero attached hydrogens (tertiary/aromatic N) is 3. The van der Waals surface area contributed by atoms with Gasteiger partial charge in [0.05, 0.1) is 11.2 Å². The lowest BCUT2D eigenvalue weighted by atomic mass is 10.2. The predicted molar refractivity (Wildman–Crippen MR) is 117 cm³/mol. The minimum Gasteiger partial charge on any atom is -0.342 e. The molecule has 8 heteroatoms. The molecule has 4 aromatic rings. The number of carbonyl (C=O) groups excluding carboxylic acids is 1. The van der Waals surface area contributed by atoms with E-state index in [9.17, 15) is 18.8 Å². The highest BCUT2D eigenvalue weighted by atomic mass is 19.1. The molecule has 0 aliphatic heterocycles. The number of amides is 1. The van der Waals surface area contributed by atoms with E-state index in [-0.39, 0.29) is 12.2 Å². The van der Waals surface area contributed by atoms with Crippen molar-refractivity contribution in [2.24, 2.45) is 7.05 Å². The van der Waals surface area contributed by atoms with Crippen LogP contribution in [0.1, 0.15) is 11.3 Å². The van der Waals surface area contributed by atoms with Gasteiger partial charge in [0.15, 0.2) is 0 Å². The number of aryl methyl sites for hydroxylation is 3. The van der Waals surface area contributed by atoms with Crippen LogP contribution in [0.25, 0.3) is 16.7 Å². The predicted octanol–water partition coefficient (Wildman–Crippen LogP) is 2.89. The lowest BCUT2D eigenvalue weighted by Gasteiger charge is -2.13. The van der Waals surface area contributed by atoms with Crippen LogP contribution < -0.4 is 16.6 Å². The molecule has 2 aromatic heterocycles. The second-order valence-corrected chi connectivity index (χ2v) is 7.44. The molecule has 2 heterocycles. The molecule has 0 aliphatic carbocycles. The molecule has 0 radical (unpaired) electrons. The van der Waals surface area contributed by atoms with Crippen molar-refractivity contribution in [1.82, 2.24) is 13.7 Å². The van der Waals surface area contributed by atoms with Gasteiger partial charge in [-0.25, -0.2) is 13.8 Å². The lowest BCUT2D eigenvalue weighted by molar-refractivity contribution is -0.116. The number of halogens is 1. The van der Waals surface area contributed by atoms with Crippen LogP contribution in [0, 0.1) is 19.7 Å². The Bertz CT molecular complexity index is 1430. The number of rotatable bonds is 4. The van der Waals surface area contributed by atoms with Gasteiger partial charge in [-0.15, -0.1) is 0 Å². The molecule has 0 saturated carbocycles. The third-order valence-electron chi connectivity index (χ3n) is 5.34. The molecule has 0 fully saturated rings. The van der Waals surface area contributed by atoms with E-state index in [4.69, 9.17) is 0 Å². The fraction of sp³-hybridized carbons (Fsp3) is 0.174. The van der Waals surface area contributed by atoms with E-state index in [0.29, 0.717) is 22.3 Å². The van der Waals surface area contributed by atoms with E-state index >= 15 is 0 Å². The van der Waals surface area contributed by atoms with E-state index in [1.165, 1.54) is 10.6 Å². The molecule has 0 saturated heterocycles. The molecule has 0 unspecified atom stereocenters. The number of fused-ring (bicyclic) bond motifs is 1. The summed E-state index contributed by atoms with van der Waals surface area (Å²) in [6.45, 7) is 3.11. The number of hydrogen-bond donors (Lipinski definition) is 1. The van der Waals surface area contributed by atoms with Crippen molar-refractivity contribution in [3.05, 3.63) is 92.5 Å². The number of carbonyl (C=O) groups is 1. The van der Waals surface area contributed by atoms with Crippen LogP contribution in [-0.2, 0) is 18.4 Å². The first kappa shape index (κ1) is 20.3. The molecular formula is C23H21FN4O3. The Morgan fingerprint density at radius 2 is 1.74 bits per heavy atom. The van der Waals surface area contributed by atoms with Gasteiger partial charge in [0.25, 0.3) is 5.56 Å². The van der Waals surface area contributed by atoms with Crippen molar-refractivity contribution in [3.8, 4) is 5.69 Å². The zero-order chi connectivity index (χ0) is 22.3. The number of aromatic nitrogens is 3. The summed E-state index contributed by atoms with van der Waals surface area (Å²) >= 11 is 0. The Balaban J connectivity index is 1.84. The van der Waals surface area contributed by atoms with Crippen LogP contribution in [0.4, 0.5) is 10.1 Å². The molecule has 4 rings (SSSR count). The summed E-state index contributed by atoms with van der Waals surface area (Å²) in [6.07, 6.45) is 0. The number of para-hydroxylation sites is 1. The maximum atomic E-state index is 13.8. The van der Waals surface area contributed by atoms with Gasteiger partial charge in [-0.3, -0.25) is 14.2 Å². The largest absolute Gasteiger partial charge is 0.342 e. The molecule has 0 spiro atoms. The molecule has 31 heavy (non-hydrogen) atoms. The van der Waals surface area contributed by atoms with Crippen LogP contribution in [-0.4, -0.2) is 19.6 Å². The second kappa shape index (κ2) is 7.71. The highest BCUT2D eigenvalue weighted by molar-refractivity contribution is 5.91. The monoisotopic (exact) mass is 420 g/mol. The van der Waals surface area contributed by atoms with E-state index in [2.05, 4.69) is 5.32 Å². The summed E-state index contributed by atoms with van der Waals surface area (Å²) < 4.78 is 17.8. The summed E-state index contributed by atoms with van der Waals surface area (Å²) in [5.74, 6) is -0.944. The zero-order valence-corrected chi connectivity index (χ0v) is 17.3. The highest BCUT2D eigenvalue weighted by Gasteiger charge is 2.20. The summed E-state index contributed by atoms with van der Waals surface area (Å²) in [7, 11) is 1.73. The van der Waals surface area contributed by atoms with Crippen LogP contribution in [0.5, 0.6) is 0 Å². The number of benzene rings is 2. The SMILES string of the molecule is Cc1ccc(NC(=O)Cn2c(=O)n(-c3ccccc3)c(=O)c3c2cc(C)n3C)cc1F. The fourth-order valence-electron chi connectivity index (χ4n) is 3.56. The number of hydrogen-bond acceptors (Lipinski definition) is 3. The number of anilines is 1. The smallest absolute Gasteiger partial charge is 0.336 e. The topological polar surface area (TPSA) is 78.0 Å². The minimum absolute atomic E-state index is 0.290. The van der Waals surface area contributed by atoms with Crippen molar-refractivity contribution in [2.45, 2.75) is 20.4 Å². The summed E-state index contributed by atoms with van der Waals surface area (Å²) in [6, 6.07) is 14.6. The standard InChI is InChI=1S/C23H21FN4O3/c1-14-9-10-16(12-18(14)24)25-20(29)13-27-19-11-15(2)26(3)21(19)22(30)28(23(27)31)17-7-5-4-6-8-17/h4-12H,13H2,1-3H3,(H,25,29). The maximum absolute atomic E-state index is 13.8. The summed E-state index contributed by atoms with van der Waals surface area (Å²) in [5, 5.41) is 2.61. The van der Waals surface area contributed by atoms with E-state index in [1.807, 2.05) is 6.92 Å². The molecule has 1 N–H and O–H groups in total. The van der Waals surface area contributed by atoms with E-state index < -0.39 is 23.0 Å². The van der Waals surface area contributed by atoms with E-state index in [1.54, 1.807) is 67.1 Å². The van der Waals surface area contributed by atoms with Gasteiger partial charge >= 0.3 is 5.69 Å². The van der Waals surface area contributed by atoms with Crippen molar-refractivity contribution < 1.29 is 9.18 Å². The molecular weight excluding hydrogens is 399 g/mol. The summed E-state index contributed by atoms with van der Waals surface area (Å²) in [5.41, 5.74) is 1.53. The normalized spacial score (nSPS) is 11.1. The van der Waals surface area contributed by atoms with Gasteiger partial charge in [-0.05, 0) is 49.7 Å². The van der Waals surface area contributed by atoms with Crippen LogP contribution in [0.3, 0.4) is 0 Å². The Hall–Kier alpha value is -3.94. The molecule has 158 valence electrons. The van der Waals surface area contributed by atoms with Gasteiger partial charge in [0, 0.05) is 18.4 Å². The average Bonchev–Trinajstić information content (AvgIpc) is 3.03. The molecule has 7 nitrogen and oxygen atoms in total. The molecule has 0 aliphatic rings. The van der Waals surface area contributed by atoms with Gasteiger partial charge in [-0.1, -0.05) is 24.3 Å². The Morgan fingerprint density at radius 3 is 2.42 bits per heavy atom. The van der Waals surface area contributed by atoms with E-state index in [0.717, 1.165) is 10.3 Å². The van der Waals surface area contributed by atoms with Crippen LogP contribution >= 0.6 is 0 Å². The molecule has 0 atom stereocenters. The van der Waals surface area contributed by atoms with Gasteiger partial charge in [-0.2, -0.15) is 0 Å². The Labute approximate surface area is 177 Å². The molecule has 0 bridgehead atoms. The van der Waals surface area contributed by atoms with Crippen molar-refractivity contribution >= 4 is 22.6 Å². The van der Waals surface area contributed by atoms with Gasteiger partial charge in [0.1, 0.15) is 17.9 Å².